The number of piperazine rings is 1. The van der Waals surface area contributed by atoms with Crippen LogP contribution in [-0.2, 0) is 34.0 Å². The van der Waals surface area contributed by atoms with Crippen molar-refractivity contribution in [3.63, 3.8) is 0 Å². The maximum atomic E-state index is 13.3. The number of hydrogen-bond donors (Lipinski definition) is 1. The fourth-order valence-electron chi connectivity index (χ4n) is 5.62. The predicted molar refractivity (Wildman–Crippen MR) is 136 cm³/mol. The molecule has 0 aromatic heterocycles. The Hall–Kier alpha value is -3.30. The second kappa shape index (κ2) is 11.0. The van der Waals surface area contributed by atoms with Crippen molar-refractivity contribution in [1.29, 1.82) is 0 Å². The monoisotopic (exact) mass is 507 g/mol. The van der Waals surface area contributed by atoms with Crippen molar-refractivity contribution in [3.05, 3.63) is 71.0 Å². The van der Waals surface area contributed by atoms with Gasteiger partial charge in [-0.1, -0.05) is 36.4 Å². The maximum Gasteiger partial charge on any atom is 0.245 e. The molecule has 3 aliphatic heterocycles. The zero-order valence-corrected chi connectivity index (χ0v) is 21.0. The molecule has 0 bridgehead atoms. The van der Waals surface area contributed by atoms with Crippen LogP contribution in [0.3, 0.4) is 0 Å². The summed E-state index contributed by atoms with van der Waals surface area (Å²) in [6, 6.07) is 13.0. The number of benzene rings is 2. The number of fused-ring (bicyclic) bond motifs is 1. The van der Waals surface area contributed by atoms with Crippen molar-refractivity contribution in [2.75, 3.05) is 32.7 Å². The summed E-state index contributed by atoms with van der Waals surface area (Å²) in [4.78, 5) is 46.8. The molecule has 3 heterocycles. The lowest BCUT2D eigenvalue weighted by Crippen LogP contribution is -2.54. The maximum absolute atomic E-state index is 13.3. The molecule has 0 radical (unpaired) electrons. The van der Waals surface area contributed by atoms with E-state index in [-0.39, 0.29) is 30.0 Å². The Morgan fingerprint density at radius 3 is 2.19 bits per heavy atom. The van der Waals surface area contributed by atoms with E-state index in [4.69, 9.17) is 5.73 Å². The summed E-state index contributed by atoms with van der Waals surface area (Å²) in [7, 11) is 0. The van der Waals surface area contributed by atoms with Crippen molar-refractivity contribution in [2.45, 2.75) is 51.0 Å². The fraction of sp³-hybridized carbons (Fsp3) is 0.464. The highest BCUT2D eigenvalue weighted by molar-refractivity contribution is 5.92. The normalized spacial score (nSPS) is 20.7. The first kappa shape index (κ1) is 25.4. The first-order chi connectivity index (χ1) is 17.9. The Kier molecular flexibility index (Phi) is 7.53. The summed E-state index contributed by atoms with van der Waals surface area (Å²) in [5, 5.41) is 0. The molecule has 0 aliphatic carbocycles. The van der Waals surface area contributed by atoms with Crippen LogP contribution in [-0.4, -0.2) is 82.1 Å². The van der Waals surface area contributed by atoms with E-state index >= 15 is 0 Å². The number of amides is 3. The van der Waals surface area contributed by atoms with Gasteiger partial charge in [0.25, 0.3) is 0 Å². The van der Waals surface area contributed by atoms with Gasteiger partial charge in [0, 0.05) is 52.4 Å². The summed E-state index contributed by atoms with van der Waals surface area (Å²) in [6.45, 7) is 4.87. The molecule has 2 aromatic carbocycles. The lowest BCUT2D eigenvalue weighted by atomic mass is 10.1. The van der Waals surface area contributed by atoms with Crippen LogP contribution >= 0.6 is 0 Å². The van der Waals surface area contributed by atoms with Gasteiger partial charge in [-0.3, -0.25) is 19.3 Å². The zero-order chi connectivity index (χ0) is 25.9. The van der Waals surface area contributed by atoms with Gasteiger partial charge in [0.2, 0.25) is 17.7 Å². The van der Waals surface area contributed by atoms with Crippen molar-refractivity contribution in [1.82, 2.24) is 19.6 Å². The number of hydrogen-bond acceptors (Lipinski definition) is 5. The standard InChI is InChI=1S/C28H34FN5O3/c29-23-9-7-20(8-10-23)17-31-12-14-32(15-13-31)28(37)25-6-3-11-34(25)26(35)16-24(30)27(36)33-18-21-4-1-2-5-22(21)19-33/h1-2,4-5,7-10,24-25H,3,6,11-19,30H2/t24-,25-/m0/s1. The van der Waals surface area contributed by atoms with Crippen molar-refractivity contribution in [2.24, 2.45) is 5.73 Å². The molecule has 0 spiro atoms. The Labute approximate surface area is 216 Å². The molecule has 196 valence electrons. The largest absolute Gasteiger partial charge is 0.338 e. The van der Waals surface area contributed by atoms with Crippen LogP contribution < -0.4 is 5.73 Å². The number of carbonyl (C=O) groups is 3. The van der Waals surface area contributed by atoms with Gasteiger partial charge in [0.15, 0.2) is 0 Å². The summed E-state index contributed by atoms with van der Waals surface area (Å²) < 4.78 is 13.2. The lowest BCUT2D eigenvalue weighted by molar-refractivity contribution is -0.146. The number of nitrogens with zero attached hydrogens (tertiary/aromatic N) is 4. The molecule has 0 saturated carbocycles. The Balaban J connectivity index is 1.11. The van der Waals surface area contributed by atoms with E-state index in [0.29, 0.717) is 45.7 Å². The molecular weight excluding hydrogens is 473 g/mol. The topological polar surface area (TPSA) is 90.2 Å². The predicted octanol–water partition coefficient (Wildman–Crippen LogP) is 1.72. The van der Waals surface area contributed by atoms with Crippen LogP contribution in [0.15, 0.2) is 48.5 Å². The second-order valence-corrected chi connectivity index (χ2v) is 10.2. The average Bonchev–Trinajstić information content (AvgIpc) is 3.57. The van der Waals surface area contributed by atoms with Crippen molar-refractivity contribution in [3.8, 4) is 0 Å². The van der Waals surface area contributed by atoms with Gasteiger partial charge in [-0.05, 0) is 41.7 Å². The van der Waals surface area contributed by atoms with Gasteiger partial charge in [0.1, 0.15) is 11.9 Å². The second-order valence-electron chi connectivity index (χ2n) is 10.2. The average molecular weight is 508 g/mol. The van der Waals surface area contributed by atoms with Crippen molar-refractivity contribution >= 4 is 17.7 Å². The smallest absolute Gasteiger partial charge is 0.245 e. The Bertz CT molecular complexity index is 1120. The molecule has 5 rings (SSSR count). The minimum absolute atomic E-state index is 0.0258. The number of nitrogens with two attached hydrogens (primary N) is 1. The molecule has 3 aliphatic rings. The molecule has 2 aromatic rings. The molecule has 3 amide bonds. The minimum atomic E-state index is -0.923. The third kappa shape index (κ3) is 5.67. The van der Waals surface area contributed by atoms with Gasteiger partial charge in [-0.2, -0.15) is 0 Å². The van der Waals surface area contributed by atoms with Gasteiger partial charge in [-0.25, -0.2) is 4.39 Å². The molecule has 2 N–H and O–H groups in total. The first-order valence-electron chi connectivity index (χ1n) is 13.1. The first-order valence-corrected chi connectivity index (χ1v) is 13.1. The summed E-state index contributed by atoms with van der Waals surface area (Å²) in [5.41, 5.74) is 9.45. The van der Waals surface area contributed by atoms with E-state index in [1.54, 1.807) is 21.9 Å². The number of rotatable bonds is 6. The molecule has 2 fully saturated rings. The fourth-order valence-corrected chi connectivity index (χ4v) is 5.62. The molecule has 0 unspecified atom stereocenters. The zero-order valence-electron chi connectivity index (χ0n) is 21.0. The number of likely N-dealkylation sites (tertiary alicyclic amines) is 1. The molecule has 8 nitrogen and oxygen atoms in total. The Morgan fingerprint density at radius 2 is 1.54 bits per heavy atom. The third-order valence-corrected chi connectivity index (χ3v) is 7.73. The summed E-state index contributed by atoms with van der Waals surface area (Å²) >= 11 is 0. The van der Waals surface area contributed by atoms with Crippen molar-refractivity contribution < 1.29 is 18.8 Å². The SMILES string of the molecule is N[C@@H](CC(=O)N1CCC[C@H]1C(=O)N1CCN(Cc2ccc(F)cc2)CC1)C(=O)N1Cc2ccccc2C1. The lowest BCUT2D eigenvalue weighted by Gasteiger charge is -2.37. The van der Waals surface area contributed by atoms with Crippen LogP contribution in [0.25, 0.3) is 0 Å². The number of halogens is 1. The molecule has 2 atom stereocenters. The van der Waals surface area contributed by atoms with E-state index in [2.05, 4.69) is 4.90 Å². The molecule has 9 heteroatoms. The molecule has 37 heavy (non-hydrogen) atoms. The van der Waals surface area contributed by atoms with Crippen LogP contribution in [0.4, 0.5) is 4.39 Å². The van der Waals surface area contributed by atoms with E-state index in [9.17, 15) is 18.8 Å². The minimum Gasteiger partial charge on any atom is -0.338 e. The van der Waals surface area contributed by atoms with E-state index < -0.39 is 12.1 Å². The van der Waals surface area contributed by atoms with Gasteiger partial charge < -0.3 is 20.4 Å². The molecule has 2 saturated heterocycles. The van der Waals surface area contributed by atoms with Gasteiger partial charge in [-0.15, -0.1) is 0 Å². The van der Waals surface area contributed by atoms with Gasteiger partial charge >= 0.3 is 0 Å². The quantitative estimate of drug-likeness (QED) is 0.643. The Morgan fingerprint density at radius 1 is 0.892 bits per heavy atom. The third-order valence-electron chi connectivity index (χ3n) is 7.73. The van der Waals surface area contributed by atoms with Gasteiger partial charge in [0.05, 0.1) is 12.5 Å². The molecular formula is C28H34FN5O3. The summed E-state index contributed by atoms with van der Waals surface area (Å²) in [5.74, 6) is -0.740. The van der Waals surface area contributed by atoms with E-state index in [1.165, 1.54) is 12.1 Å². The number of carbonyl (C=O) groups excluding carboxylic acids is 3. The highest BCUT2D eigenvalue weighted by atomic mass is 19.1. The van der Waals surface area contributed by atoms with E-state index in [1.807, 2.05) is 29.2 Å². The van der Waals surface area contributed by atoms with Crippen LogP contribution in [0.2, 0.25) is 0 Å². The summed E-state index contributed by atoms with van der Waals surface area (Å²) in [6.07, 6.45) is 1.29. The van der Waals surface area contributed by atoms with E-state index in [0.717, 1.165) is 36.2 Å². The highest BCUT2D eigenvalue weighted by Gasteiger charge is 2.38. The highest BCUT2D eigenvalue weighted by Crippen LogP contribution is 2.25. The van der Waals surface area contributed by atoms with Crippen LogP contribution in [0.5, 0.6) is 0 Å². The van der Waals surface area contributed by atoms with Crippen LogP contribution in [0.1, 0.15) is 36.0 Å². The van der Waals surface area contributed by atoms with Crippen LogP contribution in [0, 0.1) is 5.82 Å².